The number of aliphatic hydroxyl groups excluding tert-OH is 1. The second kappa shape index (κ2) is 3.61. The van der Waals surface area contributed by atoms with Crippen LogP contribution in [0.3, 0.4) is 0 Å². The lowest BCUT2D eigenvalue weighted by molar-refractivity contribution is 0.127. The Morgan fingerprint density at radius 3 is 2.87 bits per heavy atom. The van der Waals surface area contributed by atoms with Crippen molar-refractivity contribution in [3.63, 3.8) is 0 Å². The summed E-state index contributed by atoms with van der Waals surface area (Å²) in [7, 11) is 0. The molecule has 0 aromatic carbocycles. The zero-order valence-corrected chi connectivity index (χ0v) is 9.57. The van der Waals surface area contributed by atoms with Crippen molar-refractivity contribution in [2.75, 3.05) is 11.4 Å². The summed E-state index contributed by atoms with van der Waals surface area (Å²) in [5, 5.41) is 10.1. The Morgan fingerprint density at radius 1 is 1.60 bits per heavy atom. The zero-order chi connectivity index (χ0) is 11.1. The van der Waals surface area contributed by atoms with E-state index in [1.165, 1.54) is 0 Å². The number of aliphatic hydroxyl groups is 1. The molecule has 82 valence electrons. The molecule has 15 heavy (non-hydrogen) atoms. The van der Waals surface area contributed by atoms with Crippen LogP contribution in [0.15, 0.2) is 12.3 Å². The van der Waals surface area contributed by atoms with Gasteiger partial charge in [0.05, 0.1) is 11.6 Å². The van der Waals surface area contributed by atoms with Crippen LogP contribution >= 0.6 is 11.6 Å². The van der Waals surface area contributed by atoms with Crippen molar-refractivity contribution in [2.45, 2.75) is 31.9 Å². The molecule has 4 nitrogen and oxygen atoms in total. The molecule has 1 atom stereocenters. The van der Waals surface area contributed by atoms with E-state index >= 15 is 0 Å². The molecule has 0 radical (unpaired) electrons. The minimum atomic E-state index is -0.328. The highest BCUT2D eigenvalue weighted by molar-refractivity contribution is 6.28. The van der Waals surface area contributed by atoms with Gasteiger partial charge in [0.1, 0.15) is 5.82 Å². The Morgan fingerprint density at radius 2 is 2.33 bits per heavy atom. The van der Waals surface area contributed by atoms with E-state index in [1.807, 2.05) is 19.9 Å². The molecule has 1 unspecified atom stereocenters. The molecule has 1 aromatic heterocycles. The largest absolute Gasteiger partial charge is 0.391 e. The number of anilines is 1. The van der Waals surface area contributed by atoms with Crippen LogP contribution < -0.4 is 4.90 Å². The third-order valence-corrected chi connectivity index (χ3v) is 3.21. The molecule has 0 amide bonds. The maximum absolute atomic E-state index is 9.84. The maximum atomic E-state index is 9.84. The third kappa shape index (κ3) is 1.79. The van der Waals surface area contributed by atoms with Crippen LogP contribution in [-0.4, -0.2) is 33.3 Å². The maximum Gasteiger partial charge on any atom is 0.224 e. The summed E-state index contributed by atoms with van der Waals surface area (Å²) >= 11 is 5.74. The lowest BCUT2D eigenvalue weighted by Crippen LogP contribution is -2.45. The van der Waals surface area contributed by atoms with Crippen molar-refractivity contribution in [1.29, 1.82) is 0 Å². The van der Waals surface area contributed by atoms with E-state index in [2.05, 4.69) is 14.9 Å². The fourth-order valence-corrected chi connectivity index (χ4v) is 2.10. The van der Waals surface area contributed by atoms with Gasteiger partial charge in [0, 0.05) is 12.7 Å². The summed E-state index contributed by atoms with van der Waals surface area (Å²) in [4.78, 5) is 10.1. The molecular weight excluding hydrogens is 214 g/mol. The zero-order valence-electron chi connectivity index (χ0n) is 8.81. The quantitative estimate of drug-likeness (QED) is 0.739. The molecule has 2 rings (SSSR count). The standard InChI is InChI=1S/C10H14ClN3O/c1-10(2)7(15)4-6-14(10)8-3-5-12-9(11)13-8/h3,5,7,15H,4,6H2,1-2H3. The summed E-state index contributed by atoms with van der Waals surface area (Å²) in [5.74, 6) is 0.775. The van der Waals surface area contributed by atoms with Gasteiger partial charge < -0.3 is 10.0 Å². The predicted molar refractivity (Wildman–Crippen MR) is 59.1 cm³/mol. The van der Waals surface area contributed by atoms with Crippen LogP contribution in [0, 0.1) is 0 Å². The first-order valence-electron chi connectivity index (χ1n) is 4.96. The van der Waals surface area contributed by atoms with Crippen LogP contribution in [0.5, 0.6) is 0 Å². The second-order valence-corrected chi connectivity index (χ2v) is 4.63. The van der Waals surface area contributed by atoms with Crippen molar-refractivity contribution in [3.05, 3.63) is 17.5 Å². The van der Waals surface area contributed by atoms with E-state index in [9.17, 15) is 5.11 Å². The molecule has 1 aliphatic heterocycles. The predicted octanol–water partition coefficient (Wildman–Crippen LogP) is 1.48. The third-order valence-electron chi connectivity index (χ3n) is 3.03. The van der Waals surface area contributed by atoms with Gasteiger partial charge in [-0.25, -0.2) is 9.97 Å². The fourth-order valence-electron chi connectivity index (χ4n) is 1.96. The Bertz CT molecular complexity index is 369. The summed E-state index contributed by atoms with van der Waals surface area (Å²) in [6.07, 6.45) is 2.06. The van der Waals surface area contributed by atoms with E-state index in [1.54, 1.807) is 6.20 Å². The Hall–Kier alpha value is -0.870. The molecule has 0 spiro atoms. The fraction of sp³-hybridized carbons (Fsp3) is 0.600. The highest BCUT2D eigenvalue weighted by Gasteiger charge is 2.40. The first kappa shape index (κ1) is 10.6. The molecular formula is C10H14ClN3O. The molecule has 1 N–H and O–H groups in total. The lowest BCUT2D eigenvalue weighted by atomic mass is 9.99. The summed E-state index contributed by atoms with van der Waals surface area (Å²) in [6.45, 7) is 4.79. The molecule has 0 aliphatic carbocycles. The molecule has 1 aromatic rings. The van der Waals surface area contributed by atoms with Crippen LogP contribution in [0.1, 0.15) is 20.3 Å². The minimum Gasteiger partial charge on any atom is -0.391 e. The van der Waals surface area contributed by atoms with Gasteiger partial charge in [0.2, 0.25) is 5.28 Å². The number of aromatic nitrogens is 2. The number of nitrogens with zero attached hydrogens (tertiary/aromatic N) is 3. The van der Waals surface area contributed by atoms with Gasteiger partial charge in [-0.3, -0.25) is 0 Å². The molecule has 2 heterocycles. The minimum absolute atomic E-state index is 0.240. The Labute approximate surface area is 93.9 Å². The second-order valence-electron chi connectivity index (χ2n) is 4.29. The van der Waals surface area contributed by atoms with Crippen molar-refractivity contribution < 1.29 is 5.11 Å². The van der Waals surface area contributed by atoms with E-state index in [0.717, 1.165) is 18.8 Å². The number of rotatable bonds is 1. The normalized spacial score (nSPS) is 24.5. The molecule has 1 fully saturated rings. The number of hydrogen-bond donors (Lipinski definition) is 1. The lowest BCUT2D eigenvalue weighted by Gasteiger charge is -2.34. The van der Waals surface area contributed by atoms with Gasteiger partial charge in [-0.1, -0.05) is 0 Å². The van der Waals surface area contributed by atoms with Crippen molar-refractivity contribution in [3.8, 4) is 0 Å². The summed E-state index contributed by atoms with van der Waals surface area (Å²) < 4.78 is 0. The van der Waals surface area contributed by atoms with Crippen LogP contribution in [0.4, 0.5) is 5.82 Å². The number of halogens is 1. The molecule has 5 heteroatoms. The van der Waals surface area contributed by atoms with Crippen molar-refractivity contribution in [2.24, 2.45) is 0 Å². The highest BCUT2D eigenvalue weighted by Crippen LogP contribution is 2.32. The van der Waals surface area contributed by atoms with Gasteiger partial charge in [-0.05, 0) is 37.9 Å². The van der Waals surface area contributed by atoms with Gasteiger partial charge in [-0.15, -0.1) is 0 Å². The monoisotopic (exact) mass is 227 g/mol. The number of hydrogen-bond acceptors (Lipinski definition) is 4. The Kier molecular flexibility index (Phi) is 2.56. The Balaban J connectivity index is 2.32. The van der Waals surface area contributed by atoms with Crippen molar-refractivity contribution >= 4 is 17.4 Å². The van der Waals surface area contributed by atoms with E-state index < -0.39 is 0 Å². The SMILES string of the molecule is CC1(C)C(O)CCN1c1ccnc(Cl)n1. The van der Waals surface area contributed by atoms with Gasteiger partial charge in [0.15, 0.2) is 0 Å². The smallest absolute Gasteiger partial charge is 0.224 e. The summed E-state index contributed by atoms with van der Waals surface area (Å²) in [6, 6.07) is 1.81. The molecule has 0 saturated carbocycles. The van der Waals surface area contributed by atoms with Gasteiger partial charge >= 0.3 is 0 Å². The van der Waals surface area contributed by atoms with Gasteiger partial charge in [0.25, 0.3) is 0 Å². The average Bonchev–Trinajstić information content (AvgIpc) is 2.42. The summed E-state index contributed by atoms with van der Waals surface area (Å²) in [5.41, 5.74) is -0.294. The van der Waals surface area contributed by atoms with Crippen molar-refractivity contribution in [1.82, 2.24) is 9.97 Å². The molecule has 1 saturated heterocycles. The topological polar surface area (TPSA) is 49.2 Å². The first-order valence-corrected chi connectivity index (χ1v) is 5.34. The van der Waals surface area contributed by atoms with E-state index in [-0.39, 0.29) is 16.9 Å². The van der Waals surface area contributed by atoms with Crippen LogP contribution in [0.2, 0.25) is 5.28 Å². The molecule has 0 bridgehead atoms. The van der Waals surface area contributed by atoms with Gasteiger partial charge in [-0.2, -0.15) is 0 Å². The van der Waals surface area contributed by atoms with E-state index in [4.69, 9.17) is 11.6 Å². The first-order chi connectivity index (χ1) is 7.01. The molecule has 1 aliphatic rings. The van der Waals surface area contributed by atoms with Crippen LogP contribution in [-0.2, 0) is 0 Å². The van der Waals surface area contributed by atoms with E-state index in [0.29, 0.717) is 0 Å². The average molecular weight is 228 g/mol. The van der Waals surface area contributed by atoms with Crippen LogP contribution in [0.25, 0.3) is 0 Å². The highest BCUT2D eigenvalue weighted by atomic mass is 35.5.